The molecule has 3 nitrogen and oxygen atoms in total. The van der Waals surface area contributed by atoms with Gasteiger partial charge in [0.25, 0.3) is 0 Å². The van der Waals surface area contributed by atoms with Gasteiger partial charge < -0.3 is 10.6 Å². The second-order valence-corrected chi connectivity index (χ2v) is 4.45. The number of aliphatic imine (C=N–C) groups is 1. The molecule has 0 saturated heterocycles. The van der Waals surface area contributed by atoms with Crippen LogP contribution in [-0.2, 0) is 0 Å². The van der Waals surface area contributed by atoms with Gasteiger partial charge in [-0.3, -0.25) is 0 Å². The molecule has 0 saturated carbocycles. The van der Waals surface area contributed by atoms with Crippen LogP contribution >= 0.6 is 27.5 Å². The summed E-state index contributed by atoms with van der Waals surface area (Å²) in [6.07, 6.45) is 0. The summed E-state index contributed by atoms with van der Waals surface area (Å²) in [5.41, 5.74) is 7.43. The molecule has 0 aliphatic carbocycles. The monoisotopic (exact) mass is 289 g/mol. The average molecular weight is 291 g/mol. The zero-order valence-electron chi connectivity index (χ0n) is 8.67. The molecular formula is C10H13BrClN3. The smallest absolute Gasteiger partial charge is 0.115 e. The van der Waals surface area contributed by atoms with Crippen molar-refractivity contribution in [2.75, 3.05) is 24.9 Å². The lowest BCUT2D eigenvalue weighted by Gasteiger charge is -2.15. The second-order valence-electron chi connectivity index (χ2n) is 3.26. The Morgan fingerprint density at radius 1 is 1.53 bits per heavy atom. The molecule has 2 N–H and O–H groups in total. The summed E-state index contributed by atoms with van der Waals surface area (Å²) in [6.45, 7) is 0. The van der Waals surface area contributed by atoms with Gasteiger partial charge in [-0.25, -0.2) is 4.99 Å². The fourth-order valence-corrected chi connectivity index (χ4v) is 1.56. The lowest BCUT2D eigenvalue weighted by molar-refractivity contribution is 1.13. The molecule has 82 valence electrons. The highest BCUT2D eigenvalue weighted by Crippen LogP contribution is 2.30. The number of halogens is 2. The summed E-state index contributed by atoms with van der Waals surface area (Å²) < 4.78 is 0.967. The first kappa shape index (κ1) is 12.3. The molecule has 0 bridgehead atoms. The highest BCUT2D eigenvalue weighted by Gasteiger charge is 2.04. The molecule has 1 rings (SSSR count). The van der Waals surface area contributed by atoms with Crippen LogP contribution in [0.4, 0.5) is 11.4 Å². The molecule has 0 radical (unpaired) electrons. The minimum atomic E-state index is 0.235. The number of amidine groups is 1. The second kappa shape index (κ2) is 5.37. The van der Waals surface area contributed by atoms with E-state index in [1.807, 2.05) is 37.2 Å². The quantitative estimate of drug-likeness (QED) is 0.528. The molecule has 0 heterocycles. The number of nitrogens with zero attached hydrogens (tertiary/aromatic N) is 2. The van der Waals surface area contributed by atoms with Crippen LogP contribution < -0.4 is 10.6 Å². The third kappa shape index (κ3) is 3.39. The zero-order chi connectivity index (χ0) is 11.4. The number of alkyl halides is 1. The molecule has 0 fully saturated rings. The van der Waals surface area contributed by atoms with E-state index in [2.05, 4.69) is 20.9 Å². The molecule has 0 amide bonds. The molecular weight excluding hydrogens is 277 g/mol. The summed E-state index contributed by atoms with van der Waals surface area (Å²) in [5.74, 6) is 0.650. The summed E-state index contributed by atoms with van der Waals surface area (Å²) >= 11 is 8.99. The van der Waals surface area contributed by atoms with Gasteiger partial charge in [0.15, 0.2) is 0 Å². The standard InChI is InChI=1S/C10H13BrClN3/c1-15(2)9-4-3-7(11)5-8(9)14-10(13)6-12/h3-5H,6H2,1-2H3,(H2,13,14). The molecule has 0 aliphatic heterocycles. The number of nitrogens with two attached hydrogens (primary N) is 1. The fourth-order valence-electron chi connectivity index (χ4n) is 1.15. The Morgan fingerprint density at radius 2 is 2.20 bits per heavy atom. The van der Waals surface area contributed by atoms with Crippen molar-refractivity contribution in [1.29, 1.82) is 0 Å². The summed E-state index contributed by atoms with van der Waals surface area (Å²) in [7, 11) is 3.91. The van der Waals surface area contributed by atoms with E-state index >= 15 is 0 Å². The molecule has 0 aliphatic rings. The van der Waals surface area contributed by atoms with Gasteiger partial charge >= 0.3 is 0 Å². The molecule has 0 aromatic heterocycles. The predicted molar refractivity (Wildman–Crippen MR) is 70.5 cm³/mol. The normalized spacial score (nSPS) is 11.6. The number of hydrogen-bond donors (Lipinski definition) is 1. The molecule has 1 aromatic carbocycles. The van der Waals surface area contributed by atoms with E-state index in [1.54, 1.807) is 0 Å². The Kier molecular flexibility index (Phi) is 4.42. The van der Waals surface area contributed by atoms with Gasteiger partial charge in [-0.1, -0.05) is 15.9 Å². The van der Waals surface area contributed by atoms with Gasteiger partial charge in [-0.2, -0.15) is 0 Å². The summed E-state index contributed by atoms with van der Waals surface area (Å²) in [6, 6.07) is 5.85. The van der Waals surface area contributed by atoms with Gasteiger partial charge in [0, 0.05) is 18.6 Å². The van der Waals surface area contributed by atoms with E-state index in [0.717, 1.165) is 15.8 Å². The van der Waals surface area contributed by atoms with Gasteiger partial charge in [0.2, 0.25) is 0 Å². The Bertz CT molecular complexity index is 377. The van der Waals surface area contributed by atoms with Crippen LogP contribution in [0.3, 0.4) is 0 Å². The van der Waals surface area contributed by atoms with E-state index in [9.17, 15) is 0 Å². The highest BCUT2D eigenvalue weighted by molar-refractivity contribution is 9.10. The van der Waals surface area contributed by atoms with E-state index in [4.69, 9.17) is 17.3 Å². The Balaban J connectivity index is 3.19. The van der Waals surface area contributed by atoms with Crippen molar-refractivity contribution in [1.82, 2.24) is 0 Å². The van der Waals surface area contributed by atoms with Crippen LogP contribution in [0.25, 0.3) is 0 Å². The first-order valence-electron chi connectivity index (χ1n) is 4.40. The van der Waals surface area contributed by atoms with Crippen LogP contribution in [0.1, 0.15) is 0 Å². The number of hydrogen-bond acceptors (Lipinski definition) is 2. The zero-order valence-corrected chi connectivity index (χ0v) is 11.0. The maximum atomic E-state index is 5.61. The molecule has 15 heavy (non-hydrogen) atoms. The van der Waals surface area contributed by atoms with E-state index in [1.165, 1.54) is 0 Å². The molecule has 0 atom stereocenters. The average Bonchev–Trinajstić information content (AvgIpc) is 2.17. The van der Waals surface area contributed by atoms with Crippen molar-refractivity contribution in [3.05, 3.63) is 22.7 Å². The van der Waals surface area contributed by atoms with Crippen LogP contribution in [0.2, 0.25) is 0 Å². The van der Waals surface area contributed by atoms with Crippen molar-refractivity contribution < 1.29 is 0 Å². The van der Waals surface area contributed by atoms with Crippen molar-refractivity contribution in [2.24, 2.45) is 10.7 Å². The highest BCUT2D eigenvalue weighted by atomic mass is 79.9. The lowest BCUT2D eigenvalue weighted by Crippen LogP contribution is -2.13. The topological polar surface area (TPSA) is 41.6 Å². The minimum Gasteiger partial charge on any atom is -0.386 e. The molecule has 0 unspecified atom stereocenters. The summed E-state index contributed by atoms with van der Waals surface area (Å²) in [5, 5.41) is 0. The van der Waals surface area contributed by atoms with Gasteiger partial charge in [0.05, 0.1) is 17.3 Å². The molecule has 5 heteroatoms. The Morgan fingerprint density at radius 3 is 2.73 bits per heavy atom. The number of anilines is 1. The number of rotatable bonds is 3. The van der Waals surface area contributed by atoms with Crippen LogP contribution in [-0.4, -0.2) is 25.8 Å². The molecule has 0 spiro atoms. The maximum absolute atomic E-state index is 5.61. The predicted octanol–water partition coefficient (Wildman–Crippen LogP) is 2.74. The SMILES string of the molecule is CN(C)c1ccc(Br)cc1N=C(N)CCl. The lowest BCUT2D eigenvalue weighted by atomic mass is 10.2. The van der Waals surface area contributed by atoms with Gasteiger partial charge in [-0.05, 0) is 18.2 Å². The Hall–Kier alpha value is -0.740. The first-order chi connectivity index (χ1) is 7.04. The van der Waals surface area contributed by atoms with Gasteiger partial charge in [0.1, 0.15) is 5.84 Å². The van der Waals surface area contributed by atoms with Crippen LogP contribution in [0, 0.1) is 0 Å². The number of benzene rings is 1. The largest absolute Gasteiger partial charge is 0.386 e. The third-order valence-corrected chi connectivity index (χ3v) is 2.59. The Labute approximate surface area is 103 Å². The minimum absolute atomic E-state index is 0.235. The maximum Gasteiger partial charge on any atom is 0.115 e. The third-order valence-electron chi connectivity index (χ3n) is 1.82. The van der Waals surface area contributed by atoms with E-state index in [0.29, 0.717) is 5.84 Å². The van der Waals surface area contributed by atoms with Crippen molar-refractivity contribution in [3.63, 3.8) is 0 Å². The van der Waals surface area contributed by atoms with Gasteiger partial charge in [-0.15, -0.1) is 11.6 Å². The van der Waals surface area contributed by atoms with Crippen molar-refractivity contribution >= 4 is 44.7 Å². The van der Waals surface area contributed by atoms with Crippen molar-refractivity contribution in [2.45, 2.75) is 0 Å². The fraction of sp³-hybridized carbons (Fsp3) is 0.300. The van der Waals surface area contributed by atoms with E-state index < -0.39 is 0 Å². The van der Waals surface area contributed by atoms with E-state index in [-0.39, 0.29) is 5.88 Å². The molecule has 1 aromatic rings. The summed E-state index contributed by atoms with van der Waals surface area (Å²) in [4.78, 5) is 6.23. The first-order valence-corrected chi connectivity index (χ1v) is 5.73. The van der Waals surface area contributed by atoms with Crippen LogP contribution in [0.15, 0.2) is 27.7 Å². The van der Waals surface area contributed by atoms with Crippen molar-refractivity contribution in [3.8, 4) is 0 Å². The van der Waals surface area contributed by atoms with Crippen LogP contribution in [0.5, 0.6) is 0 Å².